The second-order valence-electron chi connectivity index (χ2n) is 1.53. The molecule has 0 saturated heterocycles. The minimum atomic E-state index is 1.01. The van der Waals surface area contributed by atoms with Crippen molar-refractivity contribution >= 4 is 0 Å². The molecular weight excluding hydrogens is 104 g/mol. The SMILES string of the molecule is COn1nccc1C. The Kier molecular flexibility index (Phi) is 1.20. The first-order valence-corrected chi connectivity index (χ1v) is 2.39. The van der Waals surface area contributed by atoms with E-state index in [0.717, 1.165) is 5.69 Å². The van der Waals surface area contributed by atoms with E-state index in [-0.39, 0.29) is 0 Å². The number of rotatable bonds is 1. The van der Waals surface area contributed by atoms with Crippen molar-refractivity contribution < 1.29 is 4.84 Å². The average molecular weight is 112 g/mol. The lowest BCUT2D eigenvalue weighted by molar-refractivity contribution is 0.128. The van der Waals surface area contributed by atoms with Crippen LogP contribution < -0.4 is 4.84 Å². The van der Waals surface area contributed by atoms with Crippen LogP contribution in [0.25, 0.3) is 0 Å². The van der Waals surface area contributed by atoms with Crippen LogP contribution in [-0.2, 0) is 0 Å². The largest absolute Gasteiger partial charge is 0.400 e. The Morgan fingerprint density at radius 1 is 1.75 bits per heavy atom. The highest BCUT2D eigenvalue weighted by molar-refractivity contribution is 4.94. The maximum atomic E-state index is 4.79. The van der Waals surface area contributed by atoms with Crippen molar-refractivity contribution in [1.82, 2.24) is 9.94 Å². The maximum Gasteiger partial charge on any atom is 0.106 e. The molecule has 1 rings (SSSR count). The molecule has 3 heteroatoms. The fourth-order valence-corrected chi connectivity index (χ4v) is 0.548. The summed E-state index contributed by atoms with van der Waals surface area (Å²) in [6.07, 6.45) is 1.69. The van der Waals surface area contributed by atoms with Crippen molar-refractivity contribution in [1.29, 1.82) is 0 Å². The summed E-state index contributed by atoms with van der Waals surface area (Å²) >= 11 is 0. The Balaban J connectivity index is 2.92. The van der Waals surface area contributed by atoms with Gasteiger partial charge in [0, 0.05) is 0 Å². The second kappa shape index (κ2) is 1.86. The zero-order valence-corrected chi connectivity index (χ0v) is 4.96. The van der Waals surface area contributed by atoms with Gasteiger partial charge in [0.2, 0.25) is 0 Å². The van der Waals surface area contributed by atoms with E-state index in [1.54, 1.807) is 13.3 Å². The fraction of sp³-hybridized carbons (Fsp3) is 0.400. The molecular formula is C5H8N2O. The molecule has 1 heterocycles. The van der Waals surface area contributed by atoms with Gasteiger partial charge in [0.1, 0.15) is 7.11 Å². The molecule has 0 aromatic carbocycles. The topological polar surface area (TPSA) is 27.1 Å². The first-order valence-electron chi connectivity index (χ1n) is 2.39. The number of aryl methyl sites for hydroxylation is 1. The second-order valence-corrected chi connectivity index (χ2v) is 1.53. The third kappa shape index (κ3) is 0.665. The van der Waals surface area contributed by atoms with E-state index < -0.39 is 0 Å². The van der Waals surface area contributed by atoms with Gasteiger partial charge in [-0.2, -0.15) is 0 Å². The molecule has 0 saturated carbocycles. The molecule has 3 nitrogen and oxygen atoms in total. The van der Waals surface area contributed by atoms with Crippen LogP contribution in [0.1, 0.15) is 5.69 Å². The van der Waals surface area contributed by atoms with Gasteiger partial charge in [-0.25, -0.2) is 0 Å². The normalized spacial score (nSPS) is 9.25. The summed E-state index contributed by atoms with van der Waals surface area (Å²) in [5, 5.41) is 3.83. The van der Waals surface area contributed by atoms with Gasteiger partial charge < -0.3 is 4.84 Å². The van der Waals surface area contributed by atoms with Crippen LogP contribution >= 0.6 is 0 Å². The minimum Gasteiger partial charge on any atom is -0.400 e. The first-order chi connectivity index (χ1) is 3.84. The Hall–Kier alpha value is -0.990. The van der Waals surface area contributed by atoms with E-state index in [1.807, 2.05) is 13.0 Å². The molecule has 44 valence electrons. The highest BCUT2D eigenvalue weighted by Gasteiger charge is 1.90. The molecule has 0 N–H and O–H groups in total. The summed E-state index contributed by atoms with van der Waals surface area (Å²) in [7, 11) is 1.58. The van der Waals surface area contributed by atoms with E-state index >= 15 is 0 Å². The van der Waals surface area contributed by atoms with Crippen molar-refractivity contribution in [2.45, 2.75) is 6.92 Å². The van der Waals surface area contributed by atoms with Gasteiger partial charge >= 0.3 is 0 Å². The smallest absolute Gasteiger partial charge is 0.106 e. The van der Waals surface area contributed by atoms with E-state index in [0.29, 0.717) is 0 Å². The number of nitrogens with zero attached hydrogens (tertiary/aromatic N) is 2. The molecule has 8 heavy (non-hydrogen) atoms. The monoisotopic (exact) mass is 112 g/mol. The predicted molar refractivity (Wildman–Crippen MR) is 29.5 cm³/mol. The summed E-state index contributed by atoms with van der Waals surface area (Å²) in [6, 6.07) is 1.88. The van der Waals surface area contributed by atoms with E-state index in [2.05, 4.69) is 5.10 Å². The molecule has 0 radical (unpaired) electrons. The van der Waals surface area contributed by atoms with Crippen LogP contribution in [0.3, 0.4) is 0 Å². The van der Waals surface area contributed by atoms with Gasteiger partial charge in [0.05, 0.1) is 11.9 Å². The average Bonchev–Trinajstić information content (AvgIpc) is 2.14. The maximum absolute atomic E-state index is 4.79. The summed E-state index contributed by atoms with van der Waals surface area (Å²) in [4.78, 5) is 6.25. The van der Waals surface area contributed by atoms with Crippen LogP contribution in [0.4, 0.5) is 0 Å². The molecule has 1 aromatic rings. The lowest BCUT2D eigenvalue weighted by Crippen LogP contribution is -2.08. The number of hydrogen-bond donors (Lipinski definition) is 0. The molecule has 1 aromatic heterocycles. The molecule has 0 unspecified atom stereocenters. The Morgan fingerprint density at radius 2 is 2.50 bits per heavy atom. The summed E-state index contributed by atoms with van der Waals surface area (Å²) in [5.74, 6) is 0. The minimum absolute atomic E-state index is 1.01. The highest BCUT2D eigenvalue weighted by Crippen LogP contribution is 1.89. The molecule has 0 amide bonds. The van der Waals surface area contributed by atoms with Crippen LogP contribution in [0.5, 0.6) is 0 Å². The van der Waals surface area contributed by atoms with Crippen LogP contribution in [0, 0.1) is 6.92 Å². The van der Waals surface area contributed by atoms with Crippen LogP contribution in [0.15, 0.2) is 12.3 Å². The Bertz CT molecular complexity index is 171. The summed E-state index contributed by atoms with van der Waals surface area (Å²) < 4.78 is 0. The van der Waals surface area contributed by atoms with Crippen molar-refractivity contribution in [3.63, 3.8) is 0 Å². The highest BCUT2D eigenvalue weighted by atomic mass is 16.7. The van der Waals surface area contributed by atoms with Crippen molar-refractivity contribution in [2.24, 2.45) is 0 Å². The predicted octanol–water partition coefficient (Wildman–Crippen LogP) is 0.250. The summed E-state index contributed by atoms with van der Waals surface area (Å²) in [5.41, 5.74) is 1.01. The van der Waals surface area contributed by atoms with E-state index in [4.69, 9.17) is 4.84 Å². The van der Waals surface area contributed by atoms with Gasteiger partial charge in [0.25, 0.3) is 0 Å². The Labute approximate surface area is 47.8 Å². The van der Waals surface area contributed by atoms with Crippen molar-refractivity contribution in [2.75, 3.05) is 7.11 Å². The van der Waals surface area contributed by atoms with Crippen LogP contribution in [-0.4, -0.2) is 17.1 Å². The lowest BCUT2D eigenvalue weighted by atomic mass is 10.5. The van der Waals surface area contributed by atoms with Crippen LogP contribution in [0.2, 0.25) is 0 Å². The molecule has 0 aliphatic heterocycles. The van der Waals surface area contributed by atoms with Gasteiger partial charge in [-0.3, -0.25) is 0 Å². The van der Waals surface area contributed by atoms with Gasteiger partial charge in [-0.15, -0.1) is 9.94 Å². The molecule has 0 aliphatic rings. The zero-order chi connectivity index (χ0) is 5.98. The van der Waals surface area contributed by atoms with Gasteiger partial charge in [-0.1, -0.05) is 0 Å². The molecule has 0 atom stereocenters. The first kappa shape index (κ1) is 5.15. The van der Waals surface area contributed by atoms with Crippen molar-refractivity contribution in [3.05, 3.63) is 18.0 Å². The van der Waals surface area contributed by atoms with E-state index in [9.17, 15) is 0 Å². The summed E-state index contributed by atoms with van der Waals surface area (Å²) in [6.45, 7) is 1.93. The number of aromatic nitrogens is 2. The lowest BCUT2D eigenvalue weighted by Gasteiger charge is -1.97. The molecule has 0 aliphatic carbocycles. The third-order valence-electron chi connectivity index (χ3n) is 0.962. The van der Waals surface area contributed by atoms with Gasteiger partial charge in [-0.05, 0) is 13.0 Å². The molecule has 0 spiro atoms. The Morgan fingerprint density at radius 3 is 2.75 bits per heavy atom. The standard InChI is InChI=1S/C5H8N2O/c1-5-3-4-6-7(5)8-2/h3-4H,1-2H3. The van der Waals surface area contributed by atoms with E-state index in [1.165, 1.54) is 4.85 Å². The molecule has 0 fully saturated rings. The quantitative estimate of drug-likeness (QED) is 0.520. The van der Waals surface area contributed by atoms with Crippen molar-refractivity contribution in [3.8, 4) is 0 Å². The fourth-order valence-electron chi connectivity index (χ4n) is 0.548. The number of hydrogen-bond acceptors (Lipinski definition) is 2. The van der Waals surface area contributed by atoms with Gasteiger partial charge in [0.15, 0.2) is 0 Å². The molecule has 0 bridgehead atoms. The third-order valence-corrected chi connectivity index (χ3v) is 0.962. The zero-order valence-electron chi connectivity index (χ0n) is 4.96.